The van der Waals surface area contributed by atoms with Crippen molar-refractivity contribution in [3.63, 3.8) is 0 Å². The standard InChI is InChI=1S/C17H19NO5.H2/c1-5-6-7-8-15(4)23-17(22)10-9-16(21)18(11-13(2)19)12-14(3)20;/h1,9-12H2,2-4H3;1H. The Labute approximate surface area is 136 Å². The molecule has 124 valence electrons. The smallest absolute Gasteiger partial charge is 0.312 e. The zero-order chi connectivity index (χ0) is 17.8. The Morgan fingerprint density at radius 2 is 1.57 bits per heavy atom. The summed E-state index contributed by atoms with van der Waals surface area (Å²) in [5.74, 6) is -1.41. The molecule has 0 aliphatic heterocycles. The Balaban J connectivity index is 0. The third-order valence-electron chi connectivity index (χ3n) is 2.38. The third-order valence-corrected chi connectivity index (χ3v) is 2.38. The van der Waals surface area contributed by atoms with E-state index in [1.807, 2.05) is 0 Å². The van der Waals surface area contributed by atoms with Crippen LogP contribution >= 0.6 is 0 Å². The lowest BCUT2D eigenvalue weighted by Crippen LogP contribution is -2.38. The number of nitrogens with zero attached hydrogens (tertiary/aromatic N) is 1. The van der Waals surface area contributed by atoms with Crippen molar-refractivity contribution in [3.8, 4) is 0 Å². The van der Waals surface area contributed by atoms with Crippen LogP contribution < -0.4 is 0 Å². The SMILES string of the molecule is C=C=C=C=C=C(C)OC(=O)CCC(=O)N(CC(C)=O)CC(C)=O.[HH]. The van der Waals surface area contributed by atoms with Gasteiger partial charge in [0.2, 0.25) is 5.91 Å². The summed E-state index contributed by atoms with van der Waals surface area (Å²) >= 11 is 0. The first-order valence-corrected chi connectivity index (χ1v) is 6.85. The second-order valence-electron chi connectivity index (χ2n) is 4.74. The zero-order valence-corrected chi connectivity index (χ0v) is 13.5. The van der Waals surface area contributed by atoms with Crippen molar-refractivity contribution in [2.75, 3.05) is 13.1 Å². The number of carbonyl (C=O) groups is 4. The monoisotopic (exact) mass is 319 g/mol. The molecule has 0 aliphatic carbocycles. The molecule has 0 aromatic rings. The molecule has 0 aromatic heterocycles. The van der Waals surface area contributed by atoms with Crippen LogP contribution in [0.15, 0.2) is 35.3 Å². The maximum absolute atomic E-state index is 12.0. The zero-order valence-electron chi connectivity index (χ0n) is 13.5. The molecule has 0 heterocycles. The number of ether oxygens (including phenoxy) is 1. The topological polar surface area (TPSA) is 80.8 Å². The molecule has 0 N–H and O–H groups in total. The minimum atomic E-state index is -0.627. The van der Waals surface area contributed by atoms with Gasteiger partial charge >= 0.3 is 5.97 Å². The summed E-state index contributed by atoms with van der Waals surface area (Å²) in [6.07, 6.45) is -0.329. The lowest BCUT2D eigenvalue weighted by Gasteiger charge is -2.19. The average Bonchev–Trinajstić information content (AvgIpc) is 2.43. The van der Waals surface area contributed by atoms with Gasteiger partial charge in [0, 0.05) is 14.8 Å². The van der Waals surface area contributed by atoms with Crippen LogP contribution in [-0.4, -0.2) is 41.4 Å². The summed E-state index contributed by atoms with van der Waals surface area (Å²) < 4.78 is 4.90. The van der Waals surface area contributed by atoms with Crippen LogP contribution in [0.3, 0.4) is 0 Å². The average molecular weight is 319 g/mol. The van der Waals surface area contributed by atoms with Crippen molar-refractivity contribution in [2.24, 2.45) is 0 Å². The highest BCUT2D eigenvalue weighted by Crippen LogP contribution is 2.03. The van der Waals surface area contributed by atoms with Crippen LogP contribution in [0.25, 0.3) is 0 Å². The molecule has 1 amide bonds. The quantitative estimate of drug-likeness (QED) is 0.386. The van der Waals surface area contributed by atoms with E-state index in [1.165, 1.54) is 20.8 Å². The van der Waals surface area contributed by atoms with Gasteiger partial charge in [0.05, 0.1) is 19.5 Å². The number of hydrogen-bond acceptors (Lipinski definition) is 5. The summed E-state index contributed by atoms with van der Waals surface area (Å²) in [4.78, 5) is 46.9. The van der Waals surface area contributed by atoms with E-state index >= 15 is 0 Å². The third kappa shape index (κ3) is 10.5. The number of rotatable bonds is 8. The molecule has 0 saturated heterocycles. The van der Waals surface area contributed by atoms with Crippen molar-refractivity contribution in [1.29, 1.82) is 0 Å². The van der Waals surface area contributed by atoms with Crippen LogP contribution in [0.1, 0.15) is 35.0 Å². The molecule has 0 spiro atoms. The van der Waals surface area contributed by atoms with Gasteiger partial charge < -0.3 is 9.64 Å². The molecular weight excluding hydrogens is 298 g/mol. The van der Waals surface area contributed by atoms with Gasteiger partial charge in [-0.1, -0.05) is 5.73 Å². The molecule has 6 heteroatoms. The van der Waals surface area contributed by atoms with Crippen LogP contribution in [-0.2, 0) is 23.9 Å². The highest BCUT2D eigenvalue weighted by atomic mass is 16.5. The first-order chi connectivity index (χ1) is 10.8. The van der Waals surface area contributed by atoms with Gasteiger partial charge in [-0.2, -0.15) is 0 Å². The lowest BCUT2D eigenvalue weighted by atomic mass is 10.2. The molecule has 23 heavy (non-hydrogen) atoms. The van der Waals surface area contributed by atoms with Gasteiger partial charge in [-0.3, -0.25) is 19.2 Å². The molecule has 0 bridgehead atoms. The molecule has 6 nitrogen and oxygen atoms in total. The molecule has 0 saturated carbocycles. The van der Waals surface area contributed by atoms with E-state index in [1.54, 1.807) is 0 Å². The van der Waals surface area contributed by atoms with E-state index in [0.717, 1.165) is 4.90 Å². The van der Waals surface area contributed by atoms with Crippen molar-refractivity contribution in [3.05, 3.63) is 35.3 Å². The van der Waals surface area contributed by atoms with E-state index in [2.05, 4.69) is 29.5 Å². The summed E-state index contributed by atoms with van der Waals surface area (Å²) in [5.41, 5.74) is 9.65. The Morgan fingerprint density at radius 1 is 1.00 bits per heavy atom. The number of esters is 1. The van der Waals surface area contributed by atoms with Gasteiger partial charge in [0.25, 0.3) is 0 Å². The van der Waals surface area contributed by atoms with E-state index in [0.29, 0.717) is 0 Å². The molecule has 0 rings (SSSR count). The fourth-order valence-electron chi connectivity index (χ4n) is 1.55. The minimum Gasteiger partial charge on any atom is -0.422 e. The van der Waals surface area contributed by atoms with Gasteiger partial charge in [-0.15, -0.1) is 0 Å². The van der Waals surface area contributed by atoms with Crippen molar-refractivity contribution < 1.29 is 25.3 Å². The second kappa shape index (κ2) is 10.8. The molecule has 0 aliphatic rings. The fourth-order valence-corrected chi connectivity index (χ4v) is 1.55. The summed E-state index contributed by atoms with van der Waals surface area (Å²) in [6, 6.07) is 0. The number of hydrogen-bond donors (Lipinski definition) is 0. The van der Waals surface area contributed by atoms with E-state index in [9.17, 15) is 19.2 Å². The summed E-state index contributed by atoms with van der Waals surface area (Å²) in [5, 5.41) is 0. The van der Waals surface area contributed by atoms with Gasteiger partial charge in [0.15, 0.2) is 5.76 Å². The first kappa shape index (κ1) is 20.1. The predicted molar refractivity (Wildman–Crippen MR) is 84.2 cm³/mol. The summed E-state index contributed by atoms with van der Waals surface area (Å²) in [6.45, 7) is 7.10. The lowest BCUT2D eigenvalue weighted by molar-refractivity contribution is -0.143. The van der Waals surface area contributed by atoms with Crippen LogP contribution in [0.5, 0.6) is 0 Å². The Kier molecular flexibility index (Phi) is 9.46. The highest BCUT2D eigenvalue weighted by Gasteiger charge is 2.18. The molecule has 0 aromatic carbocycles. The van der Waals surface area contributed by atoms with Crippen LogP contribution in [0, 0.1) is 0 Å². The van der Waals surface area contributed by atoms with Crippen molar-refractivity contribution >= 4 is 23.4 Å². The number of carbonyl (C=O) groups excluding carboxylic acids is 4. The molecule has 0 fully saturated rings. The largest absolute Gasteiger partial charge is 0.422 e. The highest BCUT2D eigenvalue weighted by molar-refractivity contribution is 5.90. The number of amides is 1. The van der Waals surface area contributed by atoms with E-state index in [-0.39, 0.29) is 44.7 Å². The number of ketones is 2. The second-order valence-corrected chi connectivity index (χ2v) is 4.74. The first-order valence-electron chi connectivity index (χ1n) is 6.85. The fraction of sp³-hybridized carbons (Fsp3) is 0.412. The summed E-state index contributed by atoms with van der Waals surface area (Å²) in [7, 11) is 0. The molecule has 0 unspecified atom stereocenters. The number of Topliss-reactive ketones (excluding diaryl/α,β-unsaturated/α-hetero) is 2. The maximum atomic E-state index is 12.0. The Hall–Kier alpha value is -2.86. The van der Waals surface area contributed by atoms with Gasteiger partial charge in [0.1, 0.15) is 11.6 Å². The molecule has 0 atom stereocenters. The maximum Gasteiger partial charge on any atom is 0.312 e. The van der Waals surface area contributed by atoms with Crippen LogP contribution in [0.4, 0.5) is 0 Å². The van der Waals surface area contributed by atoms with E-state index < -0.39 is 11.9 Å². The predicted octanol–water partition coefficient (Wildman–Crippen LogP) is 1.72. The van der Waals surface area contributed by atoms with Crippen LogP contribution in [0.2, 0.25) is 0 Å². The van der Waals surface area contributed by atoms with Gasteiger partial charge in [-0.25, -0.2) is 0 Å². The number of allylic oxidation sites excluding steroid dienone is 1. The van der Waals surface area contributed by atoms with Crippen molar-refractivity contribution in [2.45, 2.75) is 33.6 Å². The van der Waals surface area contributed by atoms with Gasteiger partial charge in [-0.05, 0) is 37.6 Å². The van der Waals surface area contributed by atoms with E-state index in [4.69, 9.17) is 4.74 Å². The molecule has 0 radical (unpaired) electrons. The Bertz CT molecular complexity index is 640. The minimum absolute atomic E-state index is 0. The normalized spacial score (nSPS) is 8.65. The molecular formula is C17H21NO5. The van der Waals surface area contributed by atoms with Crippen molar-refractivity contribution in [1.82, 2.24) is 4.90 Å². The Morgan fingerprint density at radius 3 is 2.04 bits per heavy atom.